The van der Waals surface area contributed by atoms with E-state index in [0.29, 0.717) is 6.04 Å². The average Bonchev–Trinajstić information content (AvgIpc) is 3.04. The molecule has 0 bridgehead atoms. The van der Waals surface area contributed by atoms with Crippen LogP contribution in [-0.4, -0.2) is 64.4 Å². The van der Waals surface area contributed by atoms with Crippen LogP contribution >= 0.6 is 0 Å². The topological polar surface area (TPSA) is 53.4 Å². The summed E-state index contributed by atoms with van der Waals surface area (Å²) in [6.45, 7) is 4.60. The predicted octanol–water partition coefficient (Wildman–Crippen LogP) is 0.452. The van der Waals surface area contributed by atoms with Gasteiger partial charge in [-0.2, -0.15) is 5.10 Å². The Morgan fingerprint density at radius 2 is 2.15 bits per heavy atom. The zero-order chi connectivity index (χ0) is 13.9. The van der Waals surface area contributed by atoms with E-state index in [9.17, 15) is 4.79 Å². The van der Waals surface area contributed by atoms with E-state index in [1.54, 1.807) is 0 Å². The molecule has 1 N–H and O–H groups in total. The Morgan fingerprint density at radius 1 is 1.35 bits per heavy atom. The first kappa shape index (κ1) is 13.4. The van der Waals surface area contributed by atoms with Crippen LogP contribution < -0.4 is 5.32 Å². The molecule has 0 aliphatic carbocycles. The molecule has 20 heavy (non-hydrogen) atoms. The van der Waals surface area contributed by atoms with E-state index in [2.05, 4.69) is 15.3 Å². The second-order valence-electron chi connectivity index (χ2n) is 5.64. The minimum atomic E-state index is 0.221. The van der Waals surface area contributed by atoms with Crippen molar-refractivity contribution in [2.75, 3.05) is 32.7 Å². The number of nitrogens with one attached hydrogen (secondary N) is 1. The normalized spacial score (nSPS) is 20.9. The van der Waals surface area contributed by atoms with Gasteiger partial charge in [-0.1, -0.05) is 0 Å². The molecule has 0 unspecified atom stereocenters. The first-order chi connectivity index (χ1) is 9.75. The predicted molar refractivity (Wildman–Crippen MR) is 76.5 cm³/mol. The molecule has 110 valence electrons. The van der Waals surface area contributed by atoms with Gasteiger partial charge in [0.25, 0.3) is 0 Å². The lowest BCUT2D eigenvalue weighted by Gasteiger charge is -2.31. The van der Waals surface area contributed by atoms with Gasteiger partial charge in [0.2, 0.25) is 0 Å². The fourth-order valence-electron chi connectivity index (χ4n) is 3.16. The van der Waals surface area contributed by atoms with Crippen molar-refractivity contribution in [2.24, 2.45) is 7.05 Å². The Morgan fingerprint density at radius 3 is 2.85 bits per heavy atom. The van der Waals surface area contributed by atoms with Crippen molar-refractivity contribution >= 4 is 6.03 Å². The zero-order valence-electron chi connectivity index (χ0n) is 12.1. The number of aromatic nitrogens is 2. The lowest BCUT2D eigenvalue weighted by molar-refractivity contribution is 0.166. The van der Waals surface area contributed by atoms with E-state index < -0.39 is 0 Å². The molecular weight excluding hydrogens is 254 g/mol. The molecule has 0 spiro atoms. The minimum absolute atomic E-state index is 0.221. The molecular formula is C14H23N5O. The highest BCUT2D eigenvalue weighted by molar-refractivity contribution is 5.76. The minimum Gasteiger partial charge on any atom is -0.322 e. The molecule has 2 aliphatic heterocycles. The van der Waals surface area contributed by atoms with Crippen LogP contribution in [0.2, 0.25) is 0 Å². The van der Waals surface area contributed by atoms with E-state index in [1.165, 1.54) is 5.69 Å². The van der Waals surface area contributed by atoms with E-state index in [4.69, 9.17) is 0 Å². The third kappa shape index (κ3) is 2.65. The van der Waals surface area contributed by atoms with Gasteiger partial charge in [0.05, 0.1) is 0 Å². The number of piperidine rings is 1. The van der Waals surface area contributed by atoms with Gasteiger partial charge in [-0.05, 0) is 32.0 Å². The summed E-state index contributed by atoms with van der Waals surface area (Å²) in [4.78, 5) is 16.5. The highest BCUT2D eigenvalue weighted by Gasteiger charge is 2.33. The van der Waals surface area contributed by atoms with Crippen molar-refractivity contribution in [1.29, 1.82) is 0 Å². The summed E-state index contributed by atoms with van der Waals surface area (Å²) in [6.07, 6.45) is 4.85. The second-order valence-corrected chi connectivity index (χ2v) is 5.64. The highest BCUT2D eigenvalue weighted by Crippen LogP contribution is 2.19. The van der Waals surface area contributed by atoms with E-state index in [1.807, 2.05) is 28.9 Å². The van der Waals surface area contributed by atoms with Crippen molar-refractivity contribution in [1.82, 2.24) is 24.9 Å². The number of hydrogen-bond acceptors (Lipinski definition) is 3. The molecule has 0 saturated carbocycles. The Kier molecular flexibility index (Phi) is 3.91. The zero-order valence-corrected chi connectivity index (χ0v) is 12.1. The third-order valence-corrected chi connectivity index (χ3v) is 4.44. The van der Waals surface area contributed by atoms with Crippen molar-refractivity contribution in [3.05, 3.63) is 18.0 Å². The lowest BCUT2D eigenvalue weighted by Crippen LogP contribution is -2.45. The largest absolute Gasteiger partial charge is 0.322 e. The van der Waals surface area contributed by atoms with Crippen LogP contribution in [0, 0.1) is 0 Å². The number of urea groups is 1. The summed E-state index contributed by atoms with van der Waals surface area (Å²) in [5.74, 6) is 0. The van der Waals surface area contributed by atoms with Gasteiger partial charge in [-0.15, -0.1) is 0 Å². The van der Waals surface area contributed by atoms with Crippen molar-refractivity contribution in [3.8, 4) is 0 Å². The SMILES string of the molecule is Cn1nccc1CCN1CCN(C2CCNCC2)C1=O. The molecule has 1 aromatic heterocycles. The van der Waals surface area contributed by atoms with Gasteiger partial charge < -0.3 is 15.1 Å². The smallest absolute Gasteiger partial charge is 0.320 e. The molecule has 2 saturated heterocycles. The number of amides is 2. The summed E-state index contributed by atoms with van der Waals surface area (Å²) in [5, 5.41) is 7.52. The number of nitrogens with zero attached hydrogens (tertiary/aromatic N) is 4. The Balaban J connectivity index is 1.54. The summed E-state index contributed by atoms with van der Waals surface area (Å²) >= 11 is 0. The molecule has 3 rings (SSSR count). The quantitative estimate of drug-likeness (QED) is 0.869. The standard InChI is InChI=1S/C14H23N5O/c1-17-12(4-8-16-17)5-9-18-10-11-19(14(18)20)13-2-6-15-7-3-13/h4,8,13,15H,2-3,5-7,9-11H2,1H3. The number of carbonyl (C=O) groups is 1. The van der Waals surface area contributed by atoms with Crippen LogP contribution in [0.3, 0.4) is 0 Å². The fourth-order valence-corrected chi connectivity index (χ4v) is 3.16. The van der Waals surface area contributed by atoms with Gasteiger partial charge in [0.1, 0.15) is 0 Å². The Hall–Kier alpha value is -1.56. The third-order valence-electron chi connectivity index (χ3n) is 4.44. The summed E-state index contributed by atoms with van der Waals surface area (Å²) in [5.41, 5.74) is 1.18. The molecule has 0 radical (unpaired) electrons. The van der Waals surface area contributed by atoms with Crippen molar-refractivity contribution < 1.29 is 4.79 Å². The number of carbonyl (C=O) groups excluding carboxylic acids is 1. The van der Waals surface area contributed by atoms with Gasteiger partial charge in [-0.3, -0.25) is 4.68 Å². The Bertz CT molecular complexity index is 466. The van der Waals surface area contributed by atoms with Crippen LogP contribution in [-0.2, 0) is 13.5 Å². The first-order valence-corrected chi connectivity index (χ1v) is 7.49. The maximum Gasteiger partial charge on any atom is 0.320 e. The molecule has 2 fully saturated rings. The maximum absolute atomic E-state index is 12.5. The highest BCUT2D eigenvalue weighted by atomic mass is 16.2. The van der Waals surface area contributed by atoms with Crippen LogP contribution in [0.15, 0.2) is 12.3 Å². The average molecular weight is 277 g/mol. The van der Waals surface area contributed by atoms with E-state index in [0.717, 1.165) is 52.0 Å². The molecule has 2 aliphatic rings. The van der Waals surface area contributed by atoms with Gasteiger partial charge >= 0.3 is 6.03 Å². The van der Waals surface area contributed by atoms with E-state index >= 15 is 0 Å². The number of aryl methyl sites for hydroxylation is 1. The first-order valence-electron chi connectivity index (χ1n) is 7.49. The van der Waals surface area contributed by atoms with Gasteiger partial charge in [0.15, 0.2) is 0 Å². The number of rotatable bonds is 4. The molecule has 0 aromatic carbocycles. The van der Waals surface area contributed by atoms with Crippen LogP contribution in [0.1, 0.15) is 18.5 Å². The summed E-state index contributed by atoms with van der Waals surface area (Å²) < 4.78 is 1.88. The van der Waals surface area contributed by atoms with Crippen LogP contribution in [0.4, 0.5) is 4.79 Å². The summed E-state index contributed by atoms with van der Waals surface area (Å²) in [7, 11) is 1.95. The number of hydrogen-bond donors (Lipinski definition) is 1. The van der Waals surface area contributed by atoms with Crippen molar-refractivity contribution in [2.45, 2.75) is 25.3 Å². The monoisotopic (exact) mass is 277 g/mol. The lowest BCUT2D eigenvalue weighted by atomic mass is 10.1. The fraction of sp³-hybridized carbons (Fsp3) is 0.714. The second kappa shape index (κ2) is 5.83. The van der Waals surface area contributed by atoms with E-state index in [-0.39, 0.29) is 6.03 Å². The van der Waals surface area contributed by atoms with Crippen molar-refractivity contribution in [3.63, 3.8) is 0 Å². The summed E-state index contributed by atoms with van der Waals surface area (Å²) in [6, 6.07) is 2.68. The molecule has 1 aromatic rings. The van der Waals surface area contributed by atoms with Gasteiger partial charge in [-0.25, -0.2) is 4.79 Å². The van der Waals surface area contributed by atoms with Crippen LogP contribution in [0.5, 0.6) is 0 Å². The van der Waals surface area contributed by atoms with Gasteiger partial charge in [0, 0.05) is 51.0 Å². The molecule has 6 nitrogen and oxygen atoms in total. The Labute approximate surface area is 119 Å². The molecule has 3 heterocycles. The maximum atomic E-state index is 12.5. The molecule has 2 amide bonds. The molecule has 6 heteroatoms. The van der Waals surface area contributed by atoms with Crippen LogP contribution in [0.25, 0.3) is 0 Å². The molecule has 0 atom stereocenters.